The molecule has 1 aromatic heterocycles. The van der Waals surface area contributed by atoms with Crippen LogP contribution in [-0.4, -0.2) is 30.7 Å². The number of sulfone groups is 1. The Bertz CT molecular complexity index is 454. The Morgan fingerprint density at radius 1 is 1.24 bits per heavy atom. The number of aromatic nitrogens is 2. The smallest absolute Gasteiger partial charge is 0.157 e. The zero-order valence-corrected chi connectivity index (χ0v) is 11.5. The first-order chi connectivity index (χ1) is 7.80. The average molecular weight is 257 g/mol. The summed E-state index contributed by atoms with van der Waals surface area (Å²) in [6.45, 7) is 6.39. The van der Waals surface area contributed by atoms with E-state index < -0.39 is 15.1 Å². The number of nitrogens with zero attached hydrogens (tertiary/aromatic N) is 2. The van der Waals surface area contributed by atoms with Gasteiger partial charge in [-0.1, -0.05) is 13.8 Å². The van der Waals surface area contributed by atoms with E-state index in [9.17, 15) is 8.42 Å². The van der Waals surface area contributed by atoms with Crippen molar-refractivity contribution in [2.45, 2.75) is 38.6 Å². The highest BCUT2D eigenvalue weighted by molar-refractivity contribution is 7.90. The first kappa shape index (κ1) is 14.1. The van der Waals surface area contributed by atoms with Gasteiger partial charge in [0.05, 0.1) is 0 Å². The Morgan fingerprint density at radius 3 is 2.18 bits per heavy atom. The molecule has 0 aliphatic heterocycles. The molecule has 17 heavy (non-hydrogen) atoms. The molecule has 1 aromatic rings. The molecule has 96 valence electrons. The fourth-order valence-corrected chi connectivity index (χ4v) is 1.68. The van der Waals surface area contributed by atoms with Crippen molar-refractivity contribution >= 4 is 9.84 Å². The monoisotopic (exact) mass is 257 g/mol. The van der Waals surface area contributed by atoms with Gasteiger partial charge in [0.15, 0.2) is 9.84 Å². The molecule has 1 rings (SSSR count). The van der Waals surface area contributed by atoms with Gasteiger partial charge < -0.3 is 5.32 Å². The third kappa shape index (κ3) is 4.40. The van der Waals surface area contributed by atoms with E-state index in [0.29, 0.717) is 18.4 Å². The second-order valence-corrected chi connectivity index (χ2v) is 6.82. The lowest BCUT2D eigenvalue weighted by atomic mass is 10.3. The Hall–Kier alpha value is -1.01. The number of nitrogens with one attached hydrogen (secondary N) is 1. The zero-order valence-electron chi connectivity index (χ0n) is 10.6. The second-order valence-electron chi connectivity index (χ2n) is 4.46. The molecule has 0 aliphatic rings. The molecule has 0 radical (unpaired) electrons. The number of hydrogen-bond acceptors (Lipinski definition) is 5. The van der Waals surface area contributed by atoms with E-state index in [1.807, 2.05) is 0 Å². The van der Waals surface area contributed by atoms with Crippen molar-refractivity contribution in [2.24, 2.45) is 0 Å². The third-order valence-electron chi connectivity index (χ3n) is 2.45. The van der Waals surface area contributed by atoms with Crippen molar-refractivity contribution in [3.8, 4) is 0 Å². The first-order valence-corrected chi connectivity index (χ1v) is 7.49. The highest BCUT2D eigenvalue weighted by Gasteiger charge is 2.19. The molecule has 0 fully saturated rings. The topological polar surface area (TPSA) is 72.0 Å². The molecular weight excluding hydrogens is 238 g/mol. The van der Waals surface area contributed by atoms with E-state index in [2.05, 4.69) is 29.1 Å². The normalized spacial score (nSPS) is 13.9. The predicted molar refractivity (Wildman–Crippen MR) is 67.3 cm³/mol. The van der Waals surface area contributed by atoms with Crippen LogP contribution in [0.15, 0.2) is 12.4 Å². The van der Waals surface area contributed by atoms with Crippen LogP contribution in [0.25, 0.3) is 0 Å². The lowest BCUT2D eigenvalue weighted by molar-refractivity contribution is 0.583. The molecule has 1 N–H and O–H groups in total. The van der Waals surface area contributed by atoms with E-state index in [0.717, 1.165) is 5.56 Å². The van der Waals surface area contributed by atoms with Crippen molar-refractivity contribution in [3.05, 3.63) is 23.8 Å². The second kappa shape index (κ2) is 5.55. The molecule has 0 saturated heterocycles. The summed E-state index contributed by atoms with van der Waals surface area (Å²) in [5.41, 5.74) is 0.947. The maximum absolute atomic E-state index is 11.3. The molecule has 0 amide bonds. The molecule has 5 nitrogen and oxygen atoms in total. The zero-order chi connectivity index (χ0) is 13.1. The van der Waals surface area contributed by atoms with E-state index in [4.69, 9.17) is 0 Å². The summed E-state index contributed by atoms with van der Waals surface area (Å²) in [5, 5.41) is 2.58. The van der Waals surface area contributed by atoms with Crippen LogP contribution in [0.3, 0.4) is 0 Å². The molecule has 0 aromatic carbocycles. The van der Waals surface area contributed by atoms with Crippen LogP contribution in [-0.2, 0) is 16.4 Å². The molecule has 0 saturated carbocycles. The summed E-state index contributed by atoms with van der Waals surface area (Å²) in [7, 11) is -3.14. The first-order valence-electron chi connectivity index (χ1n) is 5.53. The lowest BCUT2D eigenvalue weighted by Gasteiger charge is -2.10. The van der Waals surface area contributed by atoms with Crippen LogP contribution < -0.4 is 5.32 Å². The lowest BCUT2D eigenvalue weighted by Crippen LogP contribution is -2.22. The van der Waals surface area contributed by atoms with Gasteiger partial charge in [-0.05, 0) is 6.92 Å². The molecule has 0 bridgehead atoms. The number of rotatable bonds is 5. The molecule has 1 heterocycles. The van der Waals surface area contributed by atoms with Gasteiger partial charge in [-0.2, -0.15) is 0 Å². The van der Waals surface area contributed by atoms with Gasteiger partial charge in [0.25, 0.3) is 0 Å². The predicted octanol–water partition coefficient (Wildman–Crippen LogP) is 1.08. The van der Waals surface area contributed by atoms with Gasteiger partial charge in [0, 0.05) is 36.8 Å². The van der Waals surface area contributed by atoms with Crippen LogP contribution in [0.4, 0.5) is 0 Å². The summed E-state index contributed by atoms with van der Waals surface area (Å²) >= 11 is 0. The molecule has 1 unspecified atom stereocenters. The van der Waals surface area contributed by atoms with Gasteiger partial charge in [-0.15, -0.1) is 0 Å². The summed E-state index contributed by atoms with van der Waals surface area (Å²) in [6.07, 6.45) is 4.52. The van der Waals surface area contributed by atoms with Crippen molar-refractivity contribution in [1.29, 1.82) is 0 Å². The summed E-state index contributed by atoms with van der Waals surface area (Å²) in [6, 6.07) is 0.393. The third-order valence-corrected chi connectivity index (χ3v) is 3.94. The quantitative estimate of drug-likeness (QED) is 0.854. The summed E-state index contributed by atoms with van der Waals surface area (Å²) in [4.78, 5) is 8.19. The van der Waals surface area contributed by atoms with Crippen LogP contribution in [0.2, 0.25) is 0 Å². The Morgan fingerprint density at radius 2 is 1.76 bits per heavy atom. The highest BCUT2D eigenvalue weighted by atomic mass is 32.2. The fraction of sp³-hybridized carbons (Fsp3) is 0.636. The molecule has 0 spiro atoms. The minimum absolute atomic E-state index is 0.348. The van der Waals surface area contributed by atoms with Gasteiger partial charge >= 0.3 is 0 Å². The minimum atomic E-state index is -3.14. The van der Waals surface area contributed by atoms with Crippen molar-refractivity contribution in [3.63, 3.8) is 0 Å². The van der Waals surface area contributed by atoms with Crippen molar-refractivity contribution < 1.29 is 8.42 Å². The highest BCUT2D eigenvalue weighted by Crippen LogP contribution is 2.16. The maximum Gasteiger partial charge on any atom is 0.157 e. The minimum Gasteiger partial charge on any atom is -0.310 e. The Balaban J connectivity index is 2.75. The summed E-state index contributed by atoms with van der Waals surface area (Å²) in [5.74, 6) is 0.348. The SMILES string of the molecule is CC(C)NCc1cnc(C(C)S(C)(=O)=O)nc1. The van der Waals surface area contributed by atoms with E-state index >= 15 is 0 Å². The van der Waals surface area contributed by atoms with Gasteiger partial charge in [-0.25, -0.2) is 18.4 Å². The largest absolute Gasteiger partial charge is 0.310 e. The maximum atomic E-state index is 11.3. The van der Waals surface area contributed by atoms with Crippen LogP contribution >= 0.6 is 0 Å². The van der Waals surface area contributed by atoms with E-state index in [1.54, 1.807) is 19.3 Å². The number of hydrogen-bond donors (Lipinski definition) is 1. The van der Waals surface area contributed by atoms with Gasteiger partial charge in [0.1, 0.15) is 11.1 Å². The van der Waals surface area contributed by atoms with Crippen molar-refractivity contribution in [2.75, 3.05) is 6.26 Å². The van der Waals surface area contributed by atoms with E-state index in [1.165, 1.54) is 6.26 Å². The van der Waals surface area contributed by atoms with Crippen LogP contribution in [0.1, 0.15) is 37.4 Å². The van der Waals surface area contributed by atoms with Crippen molar-refractivity contribution in [1.82, 2.24) is 15.3 Å². The summed E-state index contributed by atoms with van der Waals surface area (Å²) < 4.78 is 22.7. The molecule has 1 atom stereocenters. The average Bonchev–Trinajstić information content (AvgIpc) is 2.25. The van der Waals surface area contributed by atoms with Crippen LogP contribution in [0, 0.1) is 0 Å². The van der Waals surface area contributed by atoms with Gasteiger partial charge in [-0.3, -0.25) is 0 Å². The van der Waals surface area contributed by atoms with Crippen LogP contribution in [0.5, 0.6) is 0 Å². The molecule has 0 aliphatic carbocycles. The standard InChI is InChI=1S/C11H19N3O2S/c1-8(2)12-5-10-6-13-11(14-7-10)9(3)17(4,15)16/h6-9,12H,5H2,1-4H3. The Kier molecular flexibility index (Phi) is 4.59. The molecular formula is C11H19N3O2S. The fourth-order valence-electron chi connectivity index (χ4n) is 1.18. The molecule has 6 heteroatoms. The Labute approximate surface area is 103 Å². The van der Waals surface area contributed by atoms with E-state index in [-0.39, 0.29) is 0 Å². The van der Waals surface area contributed by atoms with Gasteiger partial charge in [0.2, 0.25) is 0 Å².